The molecule has 23 N–H and O–H groups in total. The fourth-order valence-electron chi connectivity index (χ4n) is 8.68. The van der Waals surface area contributed by atoms with E-state index in [1.807, 2.05) is 24.3 Å². The van der Waals surface area contributed by atoms with Crippen molar-refractivity contribution >= 4 is 81.9 Å². The van der Waals surface area contributed by atoms with Crippen molar-refractivity contribution in [2.24, 2.45) is 22.9 Å². The molecule has 0 saturated carbocycles. The number of nitrogens with two attached hydrogens (primary N) is 4. The van der Waals surface area contributed by atoms with E-state index in [2.05, 4.69) is 63.5 Å². The Labute approximate surface area is 457 Å². The van der Waals surface area contributed by atoms with Crippen molar-refractivity contribution in [3.63, 3.8) is 0 Å². The van der Waals surface area contributed by atoms with Crippen LogP contribution in [0.3, 0.4) is 0 Å². The molecule has 2 aromatic carbocycles. The number of carbonyl (C=O) groups excluding carboxylic acids is 9. The lowest BCUT2D eigenvalue weighted by Gasteiger charge is -2.28. The van der Waals surface area contributed by atoms with E-state index in [4.69, 9.17) is 39.2 Å². The van der Waals surface area contributed by atoms with Gasteiger partial charge in [-0.15, -0.1) is 0 Å². The van der Waals surface area contributed by atoms with Gasteiger partial charge < -0.3 is 86.4 Å². The number of rotatable bonds is 20. The average Bonchev–Trinajstić information content (AvgIpc) is 3.82. The van der Waals surface area contributed by atoms with Gasteiger partial charge in [-0.05, 0) is 81.4 Å². The molecule has 0 radical (unpaired) electrons. The minimum atomic E-state index is -1.49. The van der Waals surface area contributed by atoms with Crippen LogP contribution in [0, 0.1) is 16.2 Å². The van der Waals surface area contributed by atoms with Gasteiger partial charge in [0.15, 0.2) is 17.9 Å². The highest BCUT2D eigenvalue weighted by Crippen LogP contribution is 2.20. The second-order valence-corrected chi connectivity index (χ2v) is 19.1. The normalized spacial score (nSPS) is 20.7. The second kappa shape index (κ2) is 32.6. The van der Waals surface area contributed by atoms with E-state index in [9.17, 15) is 43.2 Å². The minimum absolute atomic E-state index is 0.0432. The number of carbonyl (C=O) groups is 9. The Morgan fingerprint density at radius 2 is 1.16 bits per heavy atom. The van der Waals surface area contributed by atoms with Crippen LogP contribution in [0.25, 0.3) is 10.9 Å². The number of H-pyrrole nitrogens is 1. The number of guanidine groups is 3. The molecule has 7 atom stereocenters. The predicted molar refractivity (Wildman–Crippen MR) is 294 cm³/mol. The van der Waals surface area contributed by atoms with Crippen LogP contribution in [0.15, 0.2) is 60.8 Å². The second-order valence-electron chi connectivity index (χ2n) is 19.1. The van der Waals surface area contributed by atoms with E-state index < -0.39 is 95.5 Å². The molecule has 2 heterocycles. The number of primary amides is 1. The Balaban J connectivity index is 1.78. The number of benzene rings is 2. The molecule has 0 spiro atoms. The van der Waals surface area contributed by atoms with Crippen LogP contribution in [0.2, 0.25) is 0 Å². The minimum Gasteiger partial charge on any atom is -0.370 e. The number of aromatic nitrogens is 1. The van der Waals surface area contributed by atoms with E-state index in [0.29, 0.717) is 17.5 Å². The molecule has 1 aliphatic heterocycles. The first kappa shape index (κ1) is 62.6. The van der Waals surface area contributed by atoms with Gasteiger partial charge in [0, 0.05) is 69.5 Å². The molecule has 1 aliphatic rings. The molecule has 1 aromatic heterocycles. The van der Waals surface area contributed by atoms with Crippen molar-refractivity contribution in [1.82, 2.24) is 63.5 Å². The third-order valence-corrected chi connectivity index (χ3v) is 12.8. The Hall–Kier alpha value is -8.98. The molecule has 1 fully saturated rings. The highest BCUT2D eigenvalue weighted by atomic mass is 16.2. The predicted octanol–water partition coefficient (Wildman–Crippen LogP) is -3.28. The lowest BCUT2D eigenvalue weighted by atomic mass is 10.0. The third-order valence-electron chi connectivity index (χ3n) is 12.8. The van der Waals surface area contributed by atoms with Gasteiger partial charge in [-0.3, -0.25) is 59.4 Å². The highest BCUT2D eigenvalue weighted by Gasteiger charge is 2.35. The maximum Gasteiger partial charge on any atom is 0.243 e. The maximum atomic E-state index is 14.7. The largest absolute Gasteiger partial charge is 0.370 e. The first-order valence-electron chi connectivity index (χ1n) is 26.2. The van der Waals surface area contributed by atoms with Gasteiger partial charge in [0.25, 0.3) is 0 Å². The van der Waals surface area contributed by atoms with E-state index in [0.717, 1.165) is 10.9 Å². The summed E-state index contributed by atoms with van der Waals surface area (Å²) in [7, 11) is 0. The van der Waals surface area contributed by atoms with Crippen LogP contribution in [0.1, 0.15) is 88.7 Å². The Bertz CT molecular complexity index is 2610. The lowest BCUT2D eigenvalue weighted by molar-refractivity contribution is -0.136. The highest BCUT2D eigenvalue weighted by molar-refractivity contribution is 5.98. The zero-order valence-electron chi connectivity index (χ0n) is 44.3. The number of hydrogen-bond donors (Lipinski definition) is 19. The van der Waals surface area contributed by atoms with E-state index >= 15 is 0 Å². The zero-order chi connectivity index (χ0) is 57.9. The quantitative estimate of drug-likeness (QED) is 0.0300. The molecule has 9 amide bonds. The van der Waals surface area contributed by atoms with Crippen LogP contribution in [0.5, 0.6) is 0 Å². The lowest BCUT2D eigenvalue weighted by Crippen LogP contribution is -2.60. The topological polar surface area (TPSA) is 477 Å². The number of para-hydroxylation sites is 1. The number of amides is 9. The standard InChI is InChI=1S/C51H77N19O9/c1-29(71)64-35(17-9-23-60-49(53)54)43(74)68-38-20-21-41(72)59-22-8-7-16-34(42(52)73)65-48(79)40(27-31-28-63-33-15-6-5-14-32(31)33)70-45(76)37(19-11-25-62-51(57)58)67-47(78)39(26-30-12-3-2-4-13-30)69-44(75)36(66-46(38)77)18-10-24-61-50(55)56/h2-6,12-15,28,34-40,63H,7-11,16-27H2,1H3,(H2,52,73)(H,59,72)(H,64,71)(H,65,79)(H,66,77)(H,67,78)(H,68,74)(H,69,75)(H,70,76)(H4,53,54,60)(H4,55,56,61)(H4,57,58,62)/t34-,35-,36-,37-,38-,39+,40-/m0/s1. The van der Waals surface area contributed by atoms with Gasteiger partial charge in [-0.25, -0.2) is 0 Å². The zero-order valence-corrected chi connectivity index (χ0v) is 44.3. The van der Waals surface area contributed by atoms with Crippen molar-refractivity contribution in [3.05, 3.63) is 71.9 Å². The average molecular weight is 1100 g/mol. The van der Waals surface area contributed by atoms with E-state index in [1.54, 1.807) is 36.5 Å². The monoisotopic (exact) mass is 1100 g/mol. The Morgan fingerprint density at radius 3 is 1.76 bits per heavy atom. The van der Waals surface area contributed by atoms with Gasteiger partial charge >= 0.3 is 0 Å². The SMILES string of the molecule is CC(=O)N[C@@H](CCCNC(=N)N)C(=O)N[C@H]1CCC(=O)NCCCC[C@@H](C(N)=O)NC(=O)[C@H](Cc2c[nH]c3ccccc23)NC(=O)[C@H](CCCNC(=N)N)NC(=O)[C@@H](Cc2ccccc2)NC(=O)[C@H](CCCNC(=N)N)NC1=O. The molecule has 28 heteroatoms. The summed E-state index contributed by atoms with van der Waals surface area (Å²) >= 11 is 0. The molecule has 4 rings (SSSR count). The molecule has 1 saturated heterocycles. The molecule has 430 valence electrons. The summed E-state index contributed by atoms with van der Waals surface area (Å²) in [6.45, 7) is 1.66. The van der Waals surface area contributed by atoms with Crippen LogP contribution < -0.4 is 81.4 Å². The van der Waals surface area contributed by atoms with Gasteiger partial charge in [0.05, 0.1) is 0 Å². The third kappa shape index (κ3) is 22.6. The van der Waals surface area contributed by atoms with Crippen molar-refractivity contribution < 1.29 is 43.2 Å². The van der Waals surface area contributed by atoms with Crippen molar-refractivity contribution in [2.45, 2.75) is 133 Å². The number of nitrogens with one attached hydrogen (secondary N) is 15. The smallest absolute Gasteiger partial charge is 0.243 e. The fraction of sp³-hybridized carbons (Fsp3) is 0.490. The summed E-state index contributed by atoms with van der Waals surface area (Å²) in [6.07, 6.45) is 1.90. The van der Waals surface area contributed by atoms with Crippen molar-refractivity contribution in [2.75, 3.05) is 26.2 Å². The molecule has 0 aliphatic carbocycles. The molecular weight excluding hydrogens is 1020 g/mol. The molecule has 0 unspecified atom stereocenters. The van der Waals surface area contributed by atoms with Crippen molar-refractivity contribution in [1.29, 1.82) is 16.2 Å². The molecule has 79 heavy (non-hydrogen) atoms. The summed E-state index contributed by atoms with van der Waals surface area (Å²) < 4.78 is 0. The van der Waals surface area contributed by atoms with Gasteiger partial charge in [0.2, 0.25) is 53.2 Å². The summed E-state index contributed by atoms with van der Waals surface area (Å²) in [6, 6.07) is 6.44. The Kier molecular flexibility index (Phi) is 25.8. The molecular formula is C51H77N19O9. The Morgan fingerprint density at radius 1 is 0.633 bits per heavy atom. The number of aromatic amines is 1. The van der Waals surface area contributed by atoms with Gasteiger partial charge in [-0.2, -0.15) is 0 Å². The first-order chi connectivity index (χ1) is 37.7. The molecule has 0 bridgehead atoms. The van der Waals surface area contributed by atoms with Crippen LogP contribution in [0.4, 0.5) is 0 Å². The molecule has 3 aromatic rings. The van der Waals surface area contributed by atoms with E-state index in [1.165, 1.54) is 6.92 Å². The maximum absolute atomic E-state index is 14.7. The fourth-order valence-corrected chi connectivity index (χ4v) is 8.68. The van der Waals surface area contributed by atoms with Gasteiger partial charge in [-0.1, -0.05) is 48.5 Å². The summed E-state index contributed by atoms with van der Waals surface area (Å²) in [5.74, 6) is -7.95. The summed E-state index contributed by atoms with van der Waals surface area (Å²) in [5.41, 5.74) is 24.2. The summed E-state index contributed by atoms with van der Waals surface area (Å²) in [4.78, 5) is 128. The van der Waals surface area contributed by atoms with Crippen molar-refractivity contribution in [3.8, 4) is 0 Å². The van der Waals surface area contributed by atoms with Gasteiger partial charge in [0.1, 0.15) is 42.3 Å². The first-order valence-corrected chi connectivity index (χ1v) is 26.2. The van der Waals surface area contributed by atoms with Crippen LogP contribution in [-0.2, 0) is 56.0 Å². The number of fused-ring (bicyclic) bond motifs is 1. The molecule has 28 nitrogen and oxygen atoms in total. The number of hydrogen-bond acceptors (Lipinski definition) is 12. The summed E-state index contributed by atoms with van der Waals surface area (Å²) in [5, 5.41) is 52.9. The van der Waals surface area contributed by atoms with Crippen LogP contribution in [-0.4, -0.2) is 144 Å². The van der Waals surface area contributed by atoms with E-state index in [-0.39, 0.29) is 121 Å². The van der Waals surface area contributed by atoms with Crippen LogP contribution >= 0.6 is 0 Å².